The minimum absolute atomic E-state index is 0. The Morgan fingerprint density at radius 3 is 2.33 bits per heavy atom. The number of aryl methyl sites for hydroxylation is 1. The number of nitrogens with one attached hydrogen (secondary N) is 2. The molecular weight excluding hydrogens is 531 g/mol. The molecule has 0 aliphatic heterocycles. The van der Waals surface area contributed by atoms with Crippen molar-refractivity contribution in [1.82, 2.24) is 25.4 Å². The molecule has 1 aromatic heterocycles. The summed E-state index contributed by atoms with van der Waals surface area (Å²) in [5, 5.41) is 15.2. The van der Waals surface area contributed by atoms with Gasteiger partial charge in [-0.1, -0.05) is 42.5 Å². The number of guanidine groups is 1. The molecule has 2 aromatic carbocycles. The number of nitrogens with zero attached hydrogens (tertiary/aromatic N) is 4. The monoisotopic (exact) mass is 564 g/mol. The quantitative estimate of drug-likeness (QED) is 0.232. The molecule has 2 N–H and O–H groups in total. The molecule has 0 radical (unpaired) electrons. The Balaban J connectivity index is 0.00000385. The van der Waals surface area contributed by atoms with Crippen LogP contribution < -0.4 is 20.1 Å². The highest BCUT2D eigenvalue weighted by Crippen LogP contribution is 2.26. The fourth-order valence-corrected chi connectivity index (χ4v) is 3.14. The molecule has 0 aliphatic rings. The lowest BCUT2D eigenvalue weighted by Crippen LogP contribution is -2.42. The van der Waals surface area contributed by atoms with Crippen LogP contribution in [0.4, 0.5) is 0 Å². The van der Waals surface area contributed by atoms with E-state index >= 15 is 0 Å². The van der Waals surface area contributed by atoms with Crippen molar-refractivity contribution < 1.29 is 9.47 Å². The van der Waals surface area contributed by atoms with E-state index in [2.05, 4.69) is 39.9 Å². The van der Waals surface area contributed by atoms with E-state index in [9.17, 15) is 0 Å². The van der Waals surface area contributed by atoms with Crippen molar-refractivity contribution in [3.8, 4) is 11.5 Å². The minimum atomic E-state index is -0.109. The summed E-state index contributed by atoms with van der Waals surface area (Å²) in [6.07, 6.45) is -0.109. The third kappa shape index (κ3) is 7.62. The van der Waals surface area contributed by atoms with E-state index < -0.39 is 0 Å². The van der Waals surface area contributed by atoms with E-state index in [1.54, 1.807) is 7.11 Å². The Hall–Kier alpha value is -2.82. The van der Waals surface area contributed by atoms with Crippen molar-refractivity contribution in [2.45, 2.75) is 39.5 Å². The number of benzene rings is 2. The highest BCUT2D eigenvalue weighted by molar-refractivity contribution is 14.0. The van der Waals surface area contributed by atoms with Crippen LogP contribution in [0.1, 0.15) is 37.1 Å². The van der Waals surface area contributed by atoms with Crippen LogP contribution in [0.25, 0.3) is 0 Å². The van der Waals surface area contributed by atoms with Crippen molar-refractivity contribution in [2.24, 2.45) is 12.0 Å². The van der Waals surface area contributed by atoms with Gasteiger partial charge in [0.15, 0.2) is 23.3 Å². The summed E-state index contributed by atoms with van der Waals surface area (Å²) in [6, 6.07) is 18.0. The Kier molecular flexibility index (Phi) is 10.4. The molecule has 0 saturated heterocycles. The average molecular weight is 564 g/mol. The molecule has 2 unspecified atom stereocenters. The van der Waals surface area contributed by atoms with Crippen molar-refractivity contribution in [1.29, 1.82) is 0 Å². The first-order valence-corrected chi connectivity index (χ1v) is 10.7. The zero-order chi connectivity index (χ0) is 22.9. The Labute approximate surface area is 212 Å². The molecule has 0 aliphatic carbocycles. The molecule has 2 atom stereocenters. The summed E-state index contributed by atoms with van der Waals surface area (Å²) >= 11 is 0. The molecule has 0 saturated carbocycles. The third-order valence-electron chi connectivity index (χ3n) is 5.17. The van der Waals surface area contributed by atoms with Crippen LogP contribution in [-0.4, -0.2) is 40.5 Å². The van der Waals surface area contributed by atoms with Crippen molar-refractivity contribution >= 4 is 29.9 Å². The lowest BCUT2D eigenvalue weighted by molar-refractivity contribution is 0.213. The summed E-state index contributed by atoms with van der Waals surface area (Å²) in [5.41, 5.74) is 1.18. The van der Waals surface area contributed by atoms with Crippen LogP contribution in [0.2, 0.25) is 0 Å². The van der Waals surface area contributed by atoms with Crippen LogP contribution in [0.3, 0.4) is 0 Å². The van der Waals surface area contributed by atoms with Gasteiger partial charge in [-0.25, -0.2) is 4.99 Å². The third-order valence-corrected chi connectivity index (χ3v) is 5.17. The average Bonchev–Trinajstić information content (AvgIpc) is 3.13. The molecule has 9 heteroatoms. The first kappa shape index (κ1) is 26.4. The van der Waals surface area contributed by atoms with E-state index in [0.717, 1.165) is 11.6 Å². The lowest BCUT2D eigenvalue weighted by atomic mass is 10.1. The second kappa shape index (κ2) is 13.0. The van der Waals surface area contributed by atoms with Crippen molar-refractivity contribution in [2.75, 3.05) is 13.7 Å². The maximum atomic E-state index is 6.06. The molecular formula is C24H33IN6O2. The van der Waals surface area contributed by atoms with Gasteiger partial charge in [0, 0.05) is 7.05 Å². The van der Waals surface area contributed by atoms with E-state index in [-0.39, 0.29) is 36.1 Å². The Bertz CT molecular complexity index is 1020. The summed E-state index contributed by atoms with van der Waals surface area (Å²) < 4.78 is 13.4. The number of halogens is 1. The van der Waals surface area contributed by atoms with Gasteiger partial charge in [0.25, 0.3) is 0 Å². The zero-order valence-electron chi connectivity index (χ0n) is 19.8. The predicted octanol–water partition coefficient (Wildman–Crippen LogP) is 4.01. The molecule has 1 heterocycles. The van der Waals surface area contributed by atoms with Crippen LogP contribution in [0, 0.1) is 6.92 Å². The van der Waals surface area contributed by atoms with Crippen LogP contribution >= 0.6 is 24.0 Å². The second-order valence-electron chi connectivity index (χ2n) is 7.62. The van der Waals surface area contributed by atoms with Gasteiger partial charge in [0.2, 0.25) is 0 Å². The fraction of sp³-hybridized carbons (Fsp3) is 0.375. The first-order valence-electron chi connectivity index (χ1n) is 10.7. The summed E-state index contributed by atoms with van der Waals surface area (Å²) in [6.45, 7) is 7.00. The molecule has 33 heavy (non-hydrogen) atoms. The maximum absolute atomic E-state index is 6.06. The van der Waals surface area contributed by atoms with Crippen LogP contribution in [0.5, 0.6) is 11.5 Å². The Morgan fingerprint density at radius 1 is 1.03 bits per heavy atom. The van der Waals surface area contributed by atoms with E-state index in [0.29, 0.717) is 30.5 Å². The van der Waals surface area contributed by atoms with Crippen LogP contribution in [-0.2, 0) is 13.6 Å². The van der Waals surface area contributed by atoms with Gasteiger partial charge in [0.05, 0.1) is 19.7 Å². The van der Waals surface area contributed by atoms with Gasteiger partial charge >= 0.3 is 0 Å². The number of aliphatic imine (C=N–C) groups is 1. The fourth-order valence-electron chi connectivity index (χ4n) is 3.14. The van der Waals surface area contributed by atoms with Gasteiger partial charge in [-0.3, -0.25) is 0 Å². The number of ether oxygens (including phenoxy) is 2. The van der Waals surface area contributed by atoms with Crippen LogP contribution in [0.15, 0.2) is 59.6 Å². The number of aromatic nitrogens is 3. The summed E-state index contributed by atoms with van der Waals surface area (Å²) in [5.74, 6) is 3.76. The lowest BCUT2D eigenvalue weighted by Gasteiger charge is -2.21. The second-order valence-corrected chi connectivity index (χ2v) is 7.62. The standard InChI is InChI=1S/C24H32N6O2.HI/c1-17(32-22-14-10-9-13-21(22)31-5)15-25-24(26-16-23-29-28-19(3)30(23)4)27-18(2)20-11-7-6-8-12-20;/h6-14,17-18H,15-16H2,1-5H3,(H2,25,26,27);1H. The SMILES string of the molecule is COc1ccccc1OC(C)CNC(=NCc1nnc(C)n1C)NC(C)c1ccccc1.I. The van der Waals surface area contributed by atoms with E-state index in [4.69, 9.17) is 14.5 Å². The largest absolute Gasteiger partial charge is 0.493 e. The van der Waals surface area contributed by atoms with E-state index in [1.807, 2.05) is 67.9 Å². The summed E-state index contributed by atoms with van der Waals surface area (Å²) in [4.78, 5) is 4.74. The first-order chi connectivity index (χ1) is 15.5. The number of hydrogen-bond donors (Lipinski definition) is 2. The van der Waals surface area contributed by atoms with Gasteiger partial charge in [-0.05, 0) is 38.5 Å². The zero-order valence-corrected chi connectivity index (χ0v) is 22.1. The number of hydrogen-bond acceptors (Lipinski definition) is 5. The predicted molar refractivity (Wildman–Crippen MR) is 141 cm³/mol. The van der Waals surface area contributed by atoms with Gasteiger partial charge in [-0.15, -0.1) is 34.2 Å². The van der Waals surface area contributed by atoms with Gasteiger partial charge in [-0.2, -0.15) is 0 Å². The van der Waals surface area contributed by atoms with Crippen molar-refractivity contribution in [3.05, 3.63) is 71.8 Å². The molecule has 3 aromatic rings. The molecule has 0 amide bonds. The highest BCUT2D eigenvalue weighted by atomic mass is 127. The molecule has 178 valence electrons. The number of methoxy groups -OCH3 is 1. The number of rotatable bonds is 9. The minimum Gasteiger partial charge on any atom is -0.493 e. The van der Waals surface area contributed by atoms with Gasteiger partial charge in [0.1, 0.15) is 18.5 Å². The molecule has 0 bridgehead atoms. The Morgan fingerprint density at radius 2 is 1.70 bits per heavy atom. The maximum Gasteiger partial charge on any atom is 0.192 e. The van der Waals surface area contributed by atoms with E-state index in [1.165, 1.54) is 5.56 Å². The molecule has 3 rings (SSSR count). The van der Waals surface area contributed by atoms with Gasteiger partial charge < -0.3 is 24.7 Å². The topological polar surface area (TPSA) is 85.6 Å². The smallest absolute Gasteiger partial charge is 0.192 e. The number of para-hydroxylation sites is 2. The molecule has 8 nitrogen and oxygen atoms in total. The molecule has 0 spiro atoms. The normalized spacial score (nSPS) is 12.9. The molecule has 0 fully saturated rings. The highest BCUT2D eigenvalue weighted by Gasteiger charge is 2.13. The summed E-state index contributed by atoms with van der Waals surface area (Å²) in [7, 11) is 3.58. The van der Waals surface area contributed by atoms with Crippen molar-refractivity contribution in [3.63, 3.8) is 0 Å².